The lowest BCUT2D eigenvalue weighted by molar-refractivity contribution is -0.132. The number of carbonyl (C=O) groups excluding carboxylic acids is 1. The van der Waals surface area contributed by atoms with Crippen molar-refractivity contribution >= 4 is 19.4 Å². The van der Waals surface area contributed by atoms with Gasteiger partial charge in [0.1, 0.15) is 12.4 Å². The van der Waals surface area contributed by atoms with Crippen LogP contribution >= 0.6 is 7.37 Å². The summed E-state index contributed by atoms with van der Waals surface area (Å²) in [6.45, 7) is 3.31. The maximum atomic E-state index is 12.8. The van der Waals surface area contributed by atoms with Crippen LogP contribution in [-0.4, -0.2) is 34.0 Å². The Bertz CT molecular complexity index is 869. The van der Waals surface area contributed by atoms with Gasteiger partial charge in [0.25, 0.3) is 0 Å². The van der Waals surface area contributed by atoms with E-state index in [0.717, 1.165) is 5.56 Å². The van der Waals surface area contributed by atoms with E-state index in [1.165, 1.54) is 0 Å². The van der Waals surface area contributed by atoms with Gasteiger partial charge in [0.15, 0.2) is 0 Å². The van der Waals surface area contributed by atoms with E-state index >= 15 is 0 Å². The van der Waals surface area contributed by atoms with Crippen LogP contribution in [0.5, 0.6) is 0 Å². The molecule has 0 aliphatic rings. The third kappa shape index (κ3) is 6.68. The first kappa shape index (κ1) is 21.4. The van der Waals surface area contributed by atoms with Crippen LogP contribution in [0, 0.1) is 0 Å². The Labute approximate surface area is 163 Å². The van der Waals surface area contributed by atoms with E-state index in [0.29, 0.717) is 5.56 Å². The van der Waals surface area contributed by atoms with E-state index < -0.39 is 36.9 Å². The Morgan fingerprint density at radius 1 is 1.04 bits per heavy atom. The Balaban J connectivity index is 2.10. The van der Waals surface area contributed by atoms with Gasteiger partial charge in [-0.1, -0.05) is 67.2 Å². The van der Waals surface area contributed by atoms with Gasteiger partial charge in [-0.3, -0.25) is 4.57 Å². The maximum Gasteiger partial charge on any atom is 0.408 e. The number of aliphatic carboxylic acids is 1. The molecule has 0 aromatic heterocycles. The molecule has 0 saturated heterocycles. The maximum absolute atomic E-state index is 12.8. The molecular weight excluding hydrogens is 381 g/mol. The topological polar surface area (TPSA) is 113 Å². The zero-order chi connectivity index (χ0) is 20.6. The average Bonchev–Trinajstić information content (AvgIpc) is 2.67. The van der Waals surface area contributed by atoms with E-state index in [9.17, 15) is 19.0 Å². The average molecular weight is 403 g/mol. The van der Waals surface area contributed by atoms with Crippen LogP contribution in [0.4, 0.5) is 4.79 Å². The molecule has 1 amide bonds. The van der Waals surface area contributed by atoms with E-state index in [4.69, 9.17) is 9.84 Å². The van der Waals surface area contributed by atoms with Gasteiger partial charge in [-0.25, -0.2) is 9.59 Å². The van der Waals surface area contributed by atoms with Crippen molar-refractivity contribution in [1.82, 2.24) is 5.32 Å². The lowest BCUT2D eigenvalue weighted by atomic mass is 10.1. The number of nitrogens with one attached hydrogen (secondary N) is 1. The number of rotatable bonds is 9. The quantitative estimate of drug-likeness (QED) is 0.437. The number of carboxylic acid groups (broad SMARTS) is 1. The summed E-state index contributed by atoms with van der Waals surface area (Å²) in [6, 6.07) is 17.8. The van der Waals surface area contributed by atoms with Gasteiger partial charge in [-0.15, -0.1) is 0 Å². The van der Waals surface area contributed by atoms with Gasteiger partial charge in [0.2, 0.25) is 7.37 Å². The minimum absolute atomic E-state index is 0.00228. The van der Waals surface area contributed by atoms with E-state index in [2.05, 4.69) is 11.9 Å². The normalized spacial score (nSPS) is 13.8. The predicted molar refractivity (Wildman–Crippen MR) is 105 cm³/mol. The van der Waals surface area contributed by atoms with Gasteiger partial charge in [0.05, 0.1) is 6.16 Å². The second-order valence-corrected chi connectivity index (χ2v) is 8.68. The van der Waals surface area contributed by atoms with Crippen LogP contribution in [0.2, 0.25) is 0 Å². The smallest absolute Gasteiger partial charge is 0.408 e. The fourth-order valence-electron chi connectivity index (χ4n) is 2.48. The molecule has 1 unspecified atom stereocenters. The van der Waals surface area contributed by atoms with Crippen molar-refractivity contribution in [2.45, 2.75) is 18.8 Å². The summed E-state index contributed by atoms with van der Waals surface area (Å²) < 4.78 is 17.9. The number of carboxylic acids is 1. The minimum Gasteiger partial charge on any atom is -0.478 e. The number of hydrogen-bond acceptors (Lipinski definition) is 4. The second-order valence-electron chi connectivity index (χ2n) is 6.23. The first-order valence-corrected chi connectivity index (χ1v) is 10.4. The number of ether oxygens (including phenoxy) is 1. The SMILES string of the molecule is C=C(CP(=O)(O)[C@@H](Cc1ccccc1)NC(=O)OCc1ccccc1)C(=O)O. The molecule has 2 aromatic rings. The Hall–Kier alpha value is -2.89. The standard InChI is InChI=1S/C20H22NO6P/c1-15(19(22)23)14-28(25,26)18(12-16-8-4-2-5-9-16)21-20(24)27-13-17-10-6-3-7-11-17/h2-11,18H,1,12-14H2,(H,21,24)(H,22,23)(H,25,26)/t18-/m0/s1. The van der Waals surface area contributed by atoms with Crippen LogP contribution in [0.25, 0.3) is 0 Å². The zero-order valence-corrected chi connectivity index (χ0v) is 16.0. The summed E-state index contributed by atoms with van der Waals surface area (Å²) in [7, 11) is -4.12. The first-order chi connectivity index (χ1) is 13.3. The lowest BCUT2D eigenvalue weighted by Crippen LogP contribution is -2.37. The molecule has 2 aromatic carbocycles. The molecule has 148 valence electrons. The first-order valence-electron chi connectivity index (χ1n) is 8.51. The summed E-state index contributed by atoms with van der Waals surface area (Å²) in [6.07, 6.45) is -1.46. The monoisotopic (exact) mass is 403 g/mol. The van der Waals surface area contributed by atoms with E-state index in [-0.39, 0.29) is 13.0 Å². The van der Waals surface area contributed by atoms with Crippen molar-refractivity contribution in [2.24, 2.45) is 0 Å². The van der Waals surface area contributed by atoms with Crippen molar-refractivity contribution in [1.29, 1.82) is 0 Å². The second kappa shape index (κ2) is 9.88. The molecule has 0 saturated carbocycles. The van der Waals surface area contributed by atoms with Crippen molar-refractivity contribution in [2.75, 3.05) is 6.16 Å². The highest BCUT2D eigenvalue weighted by Gasteiger charge is 2.34. The molecule has 8 heteroatoms. The third-order valence-electron chi connectivity index (χ3n) is 3.98. The summed E-state index contributed by atoms with van der Waals surface area (Å²) in [5.41, 5.74) is 1.08. The molecule has 0 aliphatic carbocycles. The van der Waals surface area contributed by atoms with Gasteiger partial charge >= 0.3 is 12.1 Å². The molecular formula is C20H22NO6P. The van der Waals surface area contributed by atoms with Gasteiger partial charge in [-0.05, 0) is 11.1 Å². The minimum atomic E-state index is -4.12. The van der Waals surface area contributed by atoms with Crippen LogP contribution in [0.15, 0.2) is 72.8 Å². The molecule has 3 N–H and O–H groups in total. The predicted octanol–water partition coefficient (Wildman–Crippen LogP) is 3.39. The molecule has 0 bridgehead atoms. The number of carbonyl (C=O) groups is 2. The third-order valence-corrected chi connectivity index (χ3v) is 6.10. The molecule has 2 rings (SSSR count). The number of hydrogen-bond donors (Lipinski definition) is 3. The highest BCUT2D eigenvalue weighted by molar-refractivity contribution is 7.59. The largest absolute Gasteiger partial charge is 0.478 e. The number of amides is 1. The van der Waals surface area contributed by atoms with Crippen LogP contribution in [0.3, 0.4) is 0 Å². The summed E-state index contributed by atoms with van der Waals surface area (Å²) in [4.78, 5) is 33.6. The van der Waals surface area contributed by atoms with Crippen molar-refractivity contribution in [3.8, 4) is 0 Å². The molecule has 7 nitrogen and oxygen atoms in total. The fraction of sp³-hybridized carbons (Fsp3) is 0.200. The number of benzene rings is 2. The van der Waals surface area contributed by atoms with Crippen molar-refractivity contribution < 1.29 is 28.9 Å². The van der Waals surface area contributed by atoms with Gasteiger partial charge < -0.3 is 20.1 Å². The molecule has 0 radical (unpaired) electrons. The lowest BCUT2D eigenvalue weighted by Gasteiger charge is -2.24. The fourth-order valence-corrected chi connectivity index (χ4v) is 4.19. The van der Waals surface area contributed by atoms with E-state index in [1.807, 2.05) is 6.07 Å². The molecule has 0 fully saturated rings. The summed E-state index contributed by atoms with van der Waals surface area (Å²) in [5, 5.41) is 11.4. The van der Waals surface area contributed by atoms with Gasteiger partial charge in [0, 0.05) is 12.0 Å². The van der Waals surface area contributed by atoms with Gasteiger partial charge in [-0.2, -0.15) is 0 Å². The van der Waals surface area contributed by atoms with Crippen LogP contribution in [0.1, 0.15) is 11.1 Å². The van der Waals surface area contributed by atoms with Crippen LogP contribution < -0.4 is 5.32 Å². The van der Waals surface area contributed by atoms with Crippen molar-refractivity contribution in [3.05, 3.63) is 83.9 Å². The van der Waals surface area contributed by atoms with Crippen LogP contribution in [-0.2, 0) is 27.1 Å². The molecule has 0 aliphatic heterocycles. The highest BCUT2D eigenvalue weighted by atomic mass is 31.2. The zero-order valence-electron chi connectivity index (χ0n) is 15.2. The molecule has 0 heterocycles. The van der Waals surface area contributed by atoms with E-state index in [1.54, 1.807) is 54.6 Å². The van der Waals surface area contributed by atoms with Crippen molar-refractivity contribution in [3.63, 3.8) is 0 Å². The molecule has 2 atom stereocenters. The Morgan fingerprint density at radius 2 is 1.57 bits per heavy atom. The molecule has 0 spiro atoms. The number of alkyl carbamates (subject to hydrolysis) is 1. The molecule has 28 heavy (non-hydrogen) atoms. The summed E-state index contributed by atoms with van der Waals surface area (Å²) in [5.74, 6) is -2.58. The summed E-state index contributed by atoms with van der Waals surface area (Å²) >= 11 is 0. The Morgan fingerprint density at radius 3 is 2.11 bits per heavy atom. The highest BCUT2D eigenvalue weighted by Crippen LogP contribution is 2.47. The Kier molecular flexibility index (Phi) is 7.55.